The van der Waals surface area contributed by atoms with Crippen molar-refractivity contribution in [2.45, 2.75) is 96.1 Å². The molecule has 3 heterocycles. The first-order valence-electron chi connectivity index (χ1n) is 44.4. The number of carbonyl (C=O) groups is 4. The Morgan fingerprint density at radius 1 is 0.336 bits per heavy atom. The van der Waals surface area contributed by atoms with Gasteiger partial charge in [0.05, 0.1) is 134 Å². The van der Waals surface area contributed by atoms with Crippen LogP contribution in [0.15, 0.2) is 172 Å². The van der Waals surface area contributed by atoms with Crippen LogP contribution in [-0.2, 0) is 107 Å². The zero-order valence-corrected chi connectivity index (χ0v) is 82.9. The molecule has 29 nitrogen and oxygen atoms in total. The van der Waals surface area contributed by atoms with Crippen LogP contribution in [0.1, 0.15) is 117 Å². The SMILES string of the molecule is CN1Cc2c(Cl)cc(Cl)cc2[C@H](c2cccc(S(=O)(=O)NCCOCCOCCOCCNC(=O)CCC(CCC(=O)NCCOCCOCCOCCNS(=O)(=O)c3cccc([C@@H]4CN(C)Cc5c(Cl)cc(Cl)cc54)c3)(CCC(=O)NCCOCCOCCOCCNS(=O)(=O)c3cccc([C@@H]4CN(C)Cc5c(Cl)cc(Cl)cc54)c3)NC(=O)c3ccc(-c4ccc(Cl)cc4)cc3)c2)C1. The molecule has 728 valence electrons. The second-order valence-corrected chi connectivity index (χ2v) is 41.2. The molecule has 0 bridgehead atoms. The lowest BCUT2D eigenvalue weighted by atomic mass is 9.82. The first-order valence-corrected chi connectivity index (χ1v) is 51.5. The summed E-state index contributed by atoms with van der Waals surface area (Å²) in [6, 6.07) is 45.5. The Labute approximate surface area is 820 Å². The van der Waals surface area contributed by atoms with Crippen LogP contribution in [0.25, 0.3) is 11.1 Å². The Bertz CT molecular complexity index is 5120. The monoisotopic (exact) mass is 2040 g/mol. The average molecular weight is 2050 g/mol. The summed E-state index contributed by atoms with van der Waals surface area (Å²) in [6.45, 7) is 7.38. The standard InChI is InChI=1S/C95H117Cl7N10O19S3/c1-110-60-82(79-54-73(97)57-88(100)85(79)63-110)69-7-4-10-76(51-69)132(117,118)106-30-36-126-42-48-129-45-39-123-33-27-103-91(113)21-24-95(109-94(116)68-15-13-66(14-16-68)67-17-19-72(96)20-18-67,25-22-92(114)104-28-34-124-40-46-130-49-43-127-37-31-107-133(119,120)77-11-5-8-70(52-77)83-61-111(2)64-86-80(83)55-74(98)58-89(86)101)26-23-93(115)105-29-35-125-41-47-131-50-44-128-38-32-108-134(121,122)78-12-6-9-71(53-78)84-62-112(3)65-87-81(84)56-75(99)59-90(87)102/h4-20,51-59,82-84,106-108H,21-50,60-65H2,1-3H3,(H,103,113)(H,104,114)(H,105,115)(H,109,116)/t82-,83-,84-/m0/s1. The Balaban J connectivity index is 0.610. The van der Waals surface area contributed by atoms with Gasteiger partial charge in [-0.3, -0.25) is 19.2 Å². The summed E-state index contributed by atoms with van der Waals surface area (Å²) in [6.07, 6.45) is -0.322. The molecule has 7 N–H and O–H groups in total. The molecule has 0 saturated carbocycles. The second-order valence-electron chi connectivity index (χ2n) is 32.9. The largest absolute Gasteiger partial charge is 0.378 e. The summed E-state index contributed by atoms with van der Waals surface area (Å²) >= 11 is 45.2. The molecule has 0 spiro atoms. The van der Waals surface area contributed by atoms with Gasteiger partial charge in [0.1, 0.15) is 0 Å². The molecular weight excluding hydrogens is 1930 g/mol. The molecule has 0 unspecified atom stereocenters. The minimum Gasteiger partial charge on any atom is -0.378 e. The Kier molecular flexibility index (Phi) is 43.2. The van der Waals surface area contributed by atoms with Gasteiger partial charge in [-0.25, -0.2) is 39.4 Å². The topological polar surface area (TPSA) is 348 Å². The minimum atomic E-state index is -3.88. The highest BCUT2D eigenvalue weighted by molar-refractivity contribution is 7.90. The molecule has 3 aliphatic heterocycles. The number of fused-ring (bicyclic) bond motifs is 3. The van der Waals surface area contributed by atoms with E-state index in [1.807, 2.05) is 69.7 Å². The maximum Gasteiger partial charge on any atom is 0.251 e. The number of carbonyl (C=O) groups excluding carboxylic acids is 4. The summed E-state index contributed by atoms with van der Waals surface area (Å²) in [5.74, 6) is -2.07. The molecule has 0 aromatic heterocycles. The third-order valence-corrected chi connectivity index (χ3v) is 29.2. The van der Waals surface area contributed by atoms with E-state index in [0.717, 1.165) is 61.2 Å². The first-order chi connectivity index (χ1) is 64.4. The summed E-state index contributed by atoms with van der Waals surface area (Å²) in [7, 11) is -5.68. The van der Waals surface area contributed by atoms with E-state index in [4.69, 9.17) is 124 Å². The smallest absolute Gasteiger partial charge is 0.251 e. The van der Waals surface area contributed by atoms with E-state index in [0.29, 0.717) is 74.4 Å². The summed E-state index contributed by atoms with van der Waals surface area (Å²) in [5, 5.41) is 15.6. The molecule has 8 aromatic rings. The van der Waals surface area contributed by atoms with Crippen molar-refractivity contribution in [3.63, 3.8) is 0 Å². The van der Waals surface area contributed by atoms with E-state index in [2.05, 4.69) is 50.1 Å². The van der Waals surface area contributed by atoms with Crippen molar-refractivity contribution in [2.24, 2.45) is 0 Å². The zero-order valence-electron chi connectivity index (χ0n) is 75.2. The van der Waals surface area contributed by atoms with Crippen LogP contribution < -0.4 is 35.4 Å². The molecule has 0 saturated heterocycles. The van der Waals surface area contributed by atoms with Crippen LogP contribution in [0.2, 0.25) is 35.2 Å². The molecule has 8 aromatic carbocycles. The van der Waals surface area contributed by atoms with Gasteiger partial charge >= 0.3 is 0 Å². The third kappa shape index (κ3) is 33.6. The van der Waals surface area contributed by atoms with Gasteiger partial charge in [0.15, 0.2) is 0 Å². The number of nitrogens with one attached hydrogen (secondary N) is 7. The number of hydrogen-bond donors (Lipinski definition) is 7. The van der Waals surface area contributed by atoms with Crippen LogP contribution in [0, 0.1) is 0 Å². The highest BCUT2D eigenvalue weighted by Gasteiger charge is 2.36. The van der Waals surface area contributed by atoms with Gasteiger partial charge in [0, 0.05) is 162 Å². The van der Waals surface area contributed by atoms with E-state index < -0.39 is 41.5 Å². The number of sulfonamides is 3. The van der Waals surface area contributed by atoms with Crippen molar-refractivity contribution in [2.75, 3.05) is 199 Å². The molecule has 134 heavy (non-hydrogen) atoms. The van der Waals surface area contributed by atoms with Gasteiger partial charge in [0.2, 0.25) is 47.8 Å². The average Bonchev–Trinajstić information content (AvgIpc) is 0.777. The van der Waals surface area contributed by atoms with E-state index in [-0.39, 0.29) is 252 Å². The number of halogens is 7. The molecule has 11 rings (SSSR count). The van der Waals surface area contributed by atoms with E-state index in [1.165, 1.54) is 0 Å². The van der Waals surface area contributed by atoms with Crippen LogP contribution >= 0.6 is 81.2 Å². The second kappa shape index (κ2) is 53.9. The molecule has 4 amide bonds. The highest BCUT2D eigenvalue weighted by Crippen LogP contribution is 2.43. The van der Waals surface area contributed by atoms with Crippen LogP contribution in [0.4, 0.5) is 0 Å². The predicted octanol–water partition coefficient (Wildman–Crippen LogP) is 12.9. The van der Waals surface area contributed by atoms with Crippen molar-refractivity contribution in [3.8, 4) is 11.1 Å². The summed E-state index contributed by atoms with van der Waals surface area (Å²) in [5.41, 5.74) is 8.91. The molecular formula is C95H117Cl7N10O19S3. The van der Waals surface area contributed by atoms with Crippen molar-refractivity contribution in [1.29, 1.82) is 0 Å². The Hall–Kier alpha value is -7.08. The van der Waals surface area contributed by atoms with E-state index in [9.17, 15) is 44.4 Å². The maximum atomic E-state index is 14.6. The van der Waals surface area contributed by atoms with Gasteiger partial charge in [-0.15, -0.1) is 0 Å². The quantitative estimate of drug-likeness (QED) is 0.0174. The van der Waals surface area contributed by atoms with Gasteiger partial charge in [-0.2, -0.15) is 0 Å². The van der Waals surface area contributed by atoms with Crippen molar-refractivity contribution >= 4 is 135 Å². The number of rotatable bonds is 57. The van der Waals surface area contributed by atoms with Gasteiger partial charge < -0.3 is 78.6 Å². The number of ether oxygens (including phenoxy) is 9. The normalized spacial score (nSPS) is 15.6. The van der Waals surface area contributed by atoms with Gasteiger partial charge in [0.25, 0.3) is 5.91 Å². The fourth-order valence-corrected chi connectivity index (χ4v) is 21.2. The van der Waals surface area contributed by atoms with Crippen LogP contribution in [-0.4, -0.2) is 268 Å². The van der Waals surface area contributed by atoms with E-state index >= 15 is 0 Å². The molecule has 3 aliphatic rings. The van der Waals surface area contributed by atoms with Crippen molar-refractivity contribution in [3.05, 3.63) is 249 Å². The van der Waals surface area contributed by atoms with Crippen LogP contribution in [0.3, 0.4) is 0 Å². The lowest BCUT2D eigenvalue weighted by Gasteiger charge is -2.35. The maximum absolute atomic E-state index is 14.6. The van der Waals surface area contributed by atoms with E-state index in [1.54, 1.807) is 109 Å². The summed E-state index contributed by atoms with van der Waals surface area (Å²) in [4.78, 5) is 62.8. The number of benzene rings is 8. The Morgan fingerprint density at radius 2 is 0.604 bits per heavy atom. The molecule has 0 aliphatic carbocycles. The lowest BCUT2D eigenvalue weighted by Crippen LogP contribution is -2.50. The molecule has 0 radical (unpaired) electrons. The number of amides is 4. The Morgan fingerprint density at radius 3 is 0.896 bits per heavy atom. The predicted molar refractivity (Wildman–Crippen MR) is 520 cm³/mol. The zero-order chi connectivity index (χ0) is 95.6. The highest BCUT2D eigenvalue weighted by atomic mass is 35.5. The molecule has 39 heteroatoms. The lowest BCUT2D eigenvalue weighted by molar-refractivity contribution is -0.121. The minimum absolute atomic E-state index is 0.0153. The summed E-state index contributed by atoms with van der Waals surface area (Å²) < 4.78 is 140. The molecule has 3 atom stereocenters. The van der Waals surface area contributed by atoms with Crippen molar-refractivity contribution < 1.29 is 87.1 Å². The number of nitrogens with zero attached hydrogens (tertiary/aromatic N) is 3. The van der Waals surface area contributed by atoms with Gasteiger partial charge in [-0.1, -0.05) is 142 Å². The molecule has 0 fully saturated rings. The third-order valence-electron chi connectivity index (χ3n) is 22.9. The fraction of sp³-hybridized carbons (Fsp3) is 0.453. The number of likely N-dealkylation sites (N-methyl/N-ethyl adjacent to an activating group) is 3. The fourth-order valence-electron chi connectivity index (χ4n) is 16.2. The first kappa shape index (κ1) is 107. The van der Waals surface area contributed by atoms with Crippen molar-refractivity contribution in [1.82, 2.24) is 50.1 Å². The van der Waals surface area contributed by atoms with Gasteiger partial charge in [-0.05, 0) is 199 Å². The van der Waals surface area contributed by atoms with Crippen LogP contribution in [0.5, 0.6) is 0 Å². The number of hydrogen-bond acceptors (Lipinski definition) is 22.